The first kappa shape index (κ1) is 7.66. The van der Waals surface area contributed by atoms with Gasteiger partial charge in [0, 0.05) is 6.42 Å². The van der Waals surface area contributed by atoms with Crippen molar-refractivity contribution in [3.8, 4) is 0 Å². The molecule has 0 bridgehead atoms. The number of hydrogen-bond acceptors (Lipinski definition) is 1. The van der Waals surface area contributed by atoms with Gasteiger partial charge in [0.05, 0.1) is 6.26 Å². The van der Waals surface area contributed by atoms with Crippen molar-refractivity contribution >= 4 is 0 Å². The zero-order chi connectivity index (χ0) is 8.39. The van der Waals surface area contributed by atoms with Crippen LogP contribution in [0.25, 0.3) is 0 Å². The molecule has 12 heavy (non-hydrogen) atoms. The van der Waals surface area contributed by atoms with E-state index in [0.717, 1.165) is 6.42 Å². The molecule has 1 aliphatic carbocycles. The van der Waals surface area contributed by atoms with Crippen LogP contribution in [0.15, 0.2) is 35.3 Å². The number of hydrogen-bond donors (Lipinski definition) is 0. The van der Waals surface area contributed by atoms with Crippen LogP contribution in [-0.4, -0.2) is 0 Å². The first-order valence-electron chi connectivity index (χ1n) is 4.67. The van der Waals surface area contributed by atoms with E-state index in [1.165, 1.54) is 36.2 Å². The zero-order valence-corrected chi connectivity index (χ0v) is 7.47. The van der Waals surface area contributed by atoms with Crippen LogP contribution in [0.2, 0.25) is 0 Å². The summed E-state index contributed by atoms with van der Waals surface area (Å²) in [6.45, 7) is 2.19. The third-order valence-electron chi connectivity index (χ3n) is 2.38. The highest BCUT2D eigenvalue weighted by Gasteiger charge is 2.17. The van der Waals surface area contributed by atoms with Crippen LogP contribution in [0.1, 0.15) is 32.6 Å². The molecule has 0 aromatic rings. The minimum absolute atomic E-state index is 1.08. The first-order valence-corrected chi connectivity index (χ1v) is 4.67. The van der Waals surface area contributed by atoms with Gasteiger partial charge >= 0.3 is 0 Å². The van der Waals surface area contributed by atoms with Crippen molar-refractivity contribution in [3.63, 3.8) is 0 Å². The summed E-state index contributed by atoms with van der Waals surface area (Å²) in [6, 6.07) is 0. The summed E-state index contributed by atoms with van der Waals surface area (Å²) in [5.74, 6) is 1.20. The van der Waals surface area contributed by atoms with E-state index in [-0.39, 0.29) is 0 Å². The van der Waals surface area contributed by atoms with Crippen LogP contribution in [-0.2, 0) is 4.74 Å². The Morgan fingerprint density at radius 1 is 1.50 bits per heavy atom. The average Bonchev–Trinajstić information content (AvgIpc) is 2.53. The maximum Gasteiger partial charge on any atom is 0.107 e. The largest absolute Gasteiger partial charge is 0.469 e. The van der Waals surface area contributed by atoms with Gasteiger partial charge in [-0.3, -0.25) is 0 Å². The summed E-state index contributed by atoms with van der Waals surface area (Å²) in [5.41, 5.74) is 2.84. The molecule has 0 amide bonds. The molecular formula is C11H14O. The van der Waals surface area contributed by atoms with Crippen LogP contribution >= 0.6 is 0 Å². The third-order valence-corrected chi connectivity index (χ3v) is 2.38. The summed E-state index contributed by atoms with van der Waals surface area (Å²) in [7, 11) is 0. The smallest absolute Gasteiger partial charge is 0.107 e. The van der Waals surface area contributed by atoms with Crippen LogP contribution < -0.4 is 0 Å². The predicted octanol–water partition coefficient (Wildman–Crippen LogP) is 3.30. The van der Waals surface area contributed by atoms with Gasteiger partial charge in [0.15, 0.2) is 0 Å². The van der Waals surface area contributed by atoms with E-state index >= 15 is 0 Å². The molecular weight excluding hydrogens is 148 g/mol. The van der Waals surface area contributed by atoms with Crippen LogP contribution in [0, 0.1) is 0 Å². The molecule has 0 N–H and O–H groups in total. The second kappa shape index (κ2) is 3.18. The minimum Gasteiger partial charge on any atom is -0.469 e. The Labute approximate surface area is 73.4 Å². The van der Waals surface area contributed by atoms with Crippen molar-refractivity contribution in [3.05, 3.63) is 35.3 Å². The van der Waals surface area contributed by atoms with E-state index in [0.29, 0.717) is 0 Å². The summed E-state index contributed by atoms with van der Waals surface area (Å²) in [6.07, 6.45) is 10.8. The molecule has 0 radical (unpaired) electrons. The topological polar surface area (TPSA) is 9.23 Å². The fourth-order valence-electron chi connectivity index (χ4n) is 1.81. The number of fused-ring (bicyclic) bond motifs is 1. The molecule has 0 unspecified atom stereocenters. The van der Waals surface area contributed by atoms with E-state index in [1.807, 2.05) is 6.26 Å². The highest BCUT2D eigenvalue weighted by molar-refractivity contribution is 5.46. The van der Waals surface area contributed by atoms with Crippen LogP contribution in [0.5, 0.6) is 0 Å². The lowest BCUT2D eigenvalue weighted by atomic mass is 10.0. The Bertz CT molecular complexity index is 269. The molecule has 2 rings (SSSR count). The maximum atomic E-state index is 5.49. The van der Waals surface area contributed by atoms with Gasteiger partial charge in [-0.15, -0.1) is 0 Å². The zero-order valence-electron chi connectivity index (χ0n) is 7.47. The fourth-order valence-corrected chi connectivity index (χ4v) is 1.81. The quantitative estimate of drug-likeness (QED) is 0.605. The molecule has 1 heterocycles. The van der Waals surface area contributed by atoms with E-state index in [9.17, 15) is 0 Å². The number of allylic oxidation sites excluding steroid dienone is 5. The highest BCUT2D eigenvalue weighted by Crippen LogP contribution is 2.33. The van der Waals surface area contributed by atoms with Crippen molar-refractivity contribution in [1.29, 1.82) is 0 Å². The standard InChI is InChI=1S/C11H14O/c1-2-4-11-10-6-3-5-9(10)7-8-12-11/h5,7-8H,2-4,6H2,1H3. The molecule has 1 aliphatic heterocycles. The van der Waals surface area contributed by atoms with E-state index in [2.05, 4.69) is 19.1 Å². The van der Waals surface area contributed by atoms with Gasteiger partial charge in [0.1, 0.15) is 5.76 Å². The van der Waals surface area contributed by atoms with Crippen molar-refractivity contribution in [2.45, 2.75) is 32.6 Å². The molecule has 1 nitrogen and oxygen atoms in total. The second-order valence-electron chi connectivity index (χ2n) is 3.27. The first-order chi connectivity index (χ1) is 5.92. The van der Waals surface area contributed by atoms with E-state index < -0.39 is 0 Å². The molecule has 1 heteroatoms. The molecule has 0 fully saturated rings. The van der Waals surface area contributed by atoms with Gasteiger partial charge in [0.2, 0.25) is 0 Å². The Kier molecular flexibility index (Phi) is 2.03. The lowest BCUT2D eigenvalue weighted by Crippen LogP contribution is -1.97. The summed E-state index contributed by atoms with van der Waals surface area (Å²) >= 11 is 0. The highest BCUT2D eigenvalue weighted by atomic mass is 16.5. The van der Waals surface area contributed by atoms with Gasteiger partial charge in [-0.05, 0) is 36.5 Å². The molecule has 64 valence electrons. The molecule has 0 saturated carbocycles. The third kappa shape index (κ3) is 1.20. The van der Waals surface area contributed by atoms with E-state index in [4.69, 9.17) is 4.74 Å². The van der Waals surface area contributed by atoms with Gasteiger partial charge in [-0.2, -0.15) is 0 Å². The predicted molar refractivity (Wildman–Crippen MR) is 49.5 cm³/mol. The molecule has 0 atom stereocenters. The number of rotatable bonds is 2. The molecule has 0 spiro atoms. The van der Waals surface area contributed by atoms with Crippen molar-refractivity contribution < 1.29 is 4.74 Å². The Balaban J connectivity index is 2.25. The van der Waals surface area contributed by atoms with Crippen LogP contribution in [0.4, 0.5) is 0 Å². The van der Waals surface area contributed by atoms with Gasteiger partial charge in [0.25, 0.3) is 0 Å². The van der Waals surface area contributed by atoms with Crippen molar-refractivity contribution in [2.24, 2.45) is 0 Å². The Morgan fingerprint density at radius 2 is 2.42 bits per heavy atom. The molecule has 2 aliphatic rings. The minimum atomic E-state index is 1.08. The normalized spacial score (nSPS) is 20.6. The number of ether oxygens (including phenoxy) is 1. The summed E-state index contributed by atoms with van der Waals surface area (Å²) in [5, 5.41) is 0. The molecule has 0 aromatic heterocycles. The van der Waals surface area contributed by atoms with Crippen LogP contribution in [0.3, 0.4) is 0 Å². The summed E-state index contributed by atoms with van der Waals surface area (Å²) in [4.78, 5) is 0. The summed E-state index contributed by atoms with van der Waals surface area (Å²) < 4.78 is 5.49. The van der Waals surface area contributed by atoms with Crippen molar-refractivity contribution in [1.82, 2.24) is 0 Å². The lowest BCUT2D eigenvalue weighted by molar-refractivity contribution is 0.321. The SMILES string of the molecule is CCCC1=C2CCC=C2C=CO1. The second-order valence-corrected chi connectivity index (χ2v) is 3.27. The Hall–Kier alpha value is -0.980. The Morgan fingerprint density at radius 3 is 3.25 bits per heavy atom. The monoisotopic (exact) mass is 162 g/mol. The lowest BCUT2D eigenvalue weighted by Gasteiger charge is -2.14. The molecule has 0 aromatic carbocycles. The van der Waals surface area contributed by atoms with E-state index in [1.54, 1.807) is 0 Å². The van der Waals surface area contributed by atoms with Gasteiger partial charge in [-0.25, -0.2) is 0 Å². The van der Waals surface area contributed by atoms with Gasteiger partial charge in [-0.1, -0.05) is 13.0 Å². The van der Waals surface area contributed by atoms with Crippen molar-refractivity contribution in [2.75, 3.05) is 0 Å². The maximum absolute atomic E-state index is 5.49. The van der Waals surface area contributed by atoms with Gasteiger partial charge < -0.3 is 4.74 Å². The average molecular weight is 162 g/mol. The fraction of sp³-hybridized carbons (Fsp3) is 0.455. The molecule has 0 saturated heterocycles.